The van der Waals surface area contributed by atoms with Crippen molar-refractivity contribution >= 4 is 51.3 Å². The van der Waals surface area contributed by atoms with Gasteiger partial charge in [-0.05, 0) is 80.5 Å². The minimum Gasteiger partial charge on any atom is -0.381 e. The lowest BCUT2D eigenvalue weighted by molar-refractivity contribution is -0.107. The molecule has 38 heavy (non-hydrogen) atoms. The van der Waals surface area contributed by atoms with E-state index in [2.05, 4.69) is 35.4 Å². The van der Waals surface area contributed by atoms with Gasteiger partial charge < -0.3 is 14.8 Å². The molecule has 1 aliphatic heterocycles. The summed E-state index contributed by atoms with van der Waals surface area (Å²) in [6, 6.07) is 14.0. The number of halogens is 2. The van der Waals surface area contributed by atoms with Crippen molar-refractivity contribution in [2.24, 2.45) is 7.05 Å². The van der Waals surface area contributed by atoms with Crippen LogP contribution in [-0.4, -0.2) is 52.2 Å². The maximum Gasteiger partial charge on any atom is 0.260 e. The number of aryl methyl sites for hydroxylation is 2. The Morgan fingerprint density at radius 1 is 1.16 bits per heavy atom. The average molecular weight is 562 g/mol. The number of likely N-dealkylation sites (N-methyl/N-ethyl adjacent to an activating group) is 1. The monoisotopic (exact) mass is 560 g/mol. The van der Waals surface area contributed by atoms with Crippen molar-refractivity contribution in [1.29, 1.82) is 0 Å². The Balaban J connectivity index is 0.000000595. The maximum atomic E-state index is 12.1. The molecule has 0 aliphatic carbocycles. The highest BCUT2D eigenvalue weighted by molar-refractivity contribution is 6.66. The molecule has 7 nitrogen and oxygen atoms in total. The average Bonchev–Trinajstić information content (AvgIpc) is 3.34. The van der Waals surface area contributed by atoms with Crippen molar-refractivity contribution in [3.63, 3.8) is 0 Å². The molecule has 2 heterocycles. The van der Waals surface area contributed by atoms with Gasteiger partial charge in [0, 0.05) is 30.3 Å². The third kappa shape index (κ3) is 13.3. The second-order valence-electron chi connectivity index (χ2n) is 7.91. The molecule has 0 spiro atoms. The summed E-state index contributed by atoms with van der Waals surface area (Å²) in [4.78, 5) is 37.1. The SMILES string of the molecule is C=CC(=O)Cl.C=CC=O.CC.CN1CCC(Nc2ccc3ncn(C)c(=O)c3c2)C1.Cc1ccccc1Cl. The summed E-state index contributed by atoms with van der Waals surface area (Å²) in [5, 5.41) is 4.49. The highest BCUT2D eigenvalue weighted by Gasteiger charge is 2.19. The largest absolute Gasteiger partial charge is 0.381 e. The molecule has 1 aliphatic rings. The summed E-state index contributed by atoms with van der Waals surface area (Å²) in [5.74, 6) is 0. The molecule has 1 saturated heterocycles. The zero-order chi connectivity index (χ0) is 29.1. The Labute approximate surface area is 235 Å². The van der Waals surface area contributed by atoms with Gasteiger partial charge in [-0.15, -0.1) is 0 Å². The fourth-order valence-electron chi connectivity index (χ4n) is 3.14. The summed E-state index contributed by atoms with van der Waals surface area (Å²) in [5.41, 5.74) is 2.88. The number of nitrogens with one attached hydrogen (secondary N) is 1. The Morgan fingerprint density at radius 2 is 1.76 bits per heavy atom. The first-order chi connectivity index (χ1) is 18.1. The quantitative estimate of drug-likeness (QED) is 0.238. The van der Waals surface area contributed by atoms with Gasteiger partial charge in [0.15, 0.2) is 0 Å². The number of carbonyl (C=O) groups is 2. The van der Waals surface area contributed by atoms with E-state index in [4.69, 9.17) is 28.0 Å². The molecular formula is C29H38Cl2N4O3. The van der Waals surface area contributed by atoms with Crippen LogP contribution in [0.1, 0.15) is 25.8 Å². The van der Waals surface area contributed by atoms with Crippen LogP contribution in [0.25, 0.3) is 10.9 Å². The summed E-state index contributed by atoms with van der Waals surface area (Å²) in [6.45, 7) is 14.3. The second kappa shape index (κ2) is 19.8. The van der Waals surface area contributed by atoms with Crippen LogP contribution in [0.4, 0.5) is 5.69 Å². The third-order valence-electron chi connectivity index (χ3n) is 5.01. The van der Waals surface area contributed by atoms with Crippen LogP contribution < -0.4 is 10.9 Å². The molecule has 4 rings (SSSR count). The van der Waals surface area contributed by atoms with Gasteiger partial charge >= 0.3 is 0 Å². The molecule has 1 N–H and O–H groups in total. The van der Waals surface area contributed by atoms with Crippen molar-refractivity contribution in [3.8, 4) is 0 Å². The van der Waals surface area contributed by atoms with Crippen LogP contribution in [0.15, 0.2) is 78.9 Å². The van der Waals surface area contributed by atoms with Crippen LogP contribution >= 0.6 is 23.2 Å². The van der Waals surface area contributed by atoms with Crippen molar-refractivity contribution in [2.45, 2.75) is 33.2 Å². The number of fused-ring (bicyclic) bond motifs is 1. The zero-order valence-electron chi connectivity index (χ0n) is 22.8. The molecule has 2 aromatic carbocycles. The molecule has 0 radical (unpaired) electrons. The van der Waals surface area contributed by atoms with Gasteiger partial charge in [-0.1, -0.05) is 56.8 Å². The zero-order valence-corrected chi connectivity index (χ0v) is 24.3. The van der Waals surface area contributed by atoms with E-state index in [1.54, 1.807) is 13.4 Å². The van der Waals surface area contributed by atoms with Gasteiger partial charge in [0.1, 0.15) is 6.29 Å². The highest BCUT2D eigenvalue weighted by Crippen LogP contribution is 2.18. The first-order valence-electron chi connectivity index (χ1n) is 12.1. The Morgan fingerprint density at radius 3 is 2.21 bits per heavy atom. The number of rotatable bonds is 4. The molecule has 0 bridgehead atoms. The molecule has 1 aromatic heterocycles. The fourth-order valence-corrected chi connectivity index (χ4v) is 3.28. The van der Waals surface area contributed by atoms with Crippen LogP contribution in [0.3, 0.4) is 0 Å². The van der Waals surface area contributed by atoms with Gasteiger partial charge in [-0.3, -0.25) is 14.4 Å². The molecule has 3 aromatic rings. The van der Waals surface area contributed by atoms with E-state index >= 15 is 0 Å². The van der Waals surface area contributed by atoms with Gasteiger partial charge in [-0.2, -0.15) is 0 Å². The van der Waals surface area contributed by atoms with E-state index in [1.165, 1.54) is 10.6 Å². The predicted octanol–water partition coefficient (Wildman–Crippen LogP) is 6.03. The minimum atomic E-state index is -0.509. The van der Waals surface area contributed by atoms with Crippen LogP contribution in [0.5, 0.6) is 0 Å². The number of hydrogen-bond acceptors (Lipinski definition) is 6. The highest BCUT2D eigenvalue weighted by atomic mass is 35.5. The molecule has 9 heteroatoms. The standard InChI is InChI=1S/C14H18N4O.C7H7Cl.C3H3ClO.C3H4O.C2H6/c1-17-6-5-11(8-17)16-10-3-4-13-12(7-10)14(19)18(2)9-15-13;1-6-4-2-3-5-7(6)8;1-2-3(4)5;1-2-3-4;1-2/h3-4,7,9,11,16H,5-6,8H2,1-2H3;2-5H,1H3;2H,1H2;2-3H,1H2;1-2H3. The summed E-state index contributed by atoms with van der Waals surface area (Å²) in [6.07, 6.45) is 5.57. The van der Waals surface area contributed by atoms with E-state index < -0.39 is 5.24 Å². The molecule has 0 amide bonds. The van der Waals surface area contributed by atoms with Crippen molar-refractivity contribution < 1.29 is 9.59 Å². The summed E-state index contributed by atoms with van der Waals surface area (Å²) in [7, 11) is 3.85. The number of benzene rings is 2. The Bertz CT molecular complexity index is 1200. The number of nitrogens with zero attached hydrogens (tertiary/aromatic N) is 3. The summed E-state index contributed by atoms with van der Waals surface area (Å²) < 4.78 is 1.51. The van der Waals surface area contributed by atoms with Gasteiger partial charge in [-0.25, -0.2) is 4.98 Å². The third-order valence-corrected chi connectivity index (χ3v) is 5.59. The normalized spacial score (nSPS) is 13.5. The van der Waals surface area contributed by atoms with Gasteiger partial charge in [0.25, 0.3) is 5.56 Å². The Kier molecular flexibility index (Phi) is 18.1. The minimum absolute atomic E-state index is 0.00260. The fraction of sp³-hybridized carbons (Fsp3) is 0.310. The number of likely N-dealkylation sites (tertiary alicyclic amines) is 1. The number of aldehydes is 1. The molecule has 1 unspecified atom stereocenters. The van der Waals surface area contributed by atoms with Crippen LogP contribution in [-0.2, 0) is 16.6 Å². The van der Waals surface area contributed by atoms with E-state index in [0.717, 1.165) is 47.4 Å². The van der Waals surface area contributed by atoms with E-state index in [9.17, 15) is 9.59 Å². The lowest BCUT2D eigenvalue weighted by atomic mass is 10.2. The van der Waals surface area contributed by atoms with E-state index in [1.807, 2.05) is 63.2 Å². The molecule has 0 saturated carbocycles. The number of anilines is 1. The number of hydrogen-bond donors (Lipinski definition) is 1. The number of allylic oxidation sites excluding steroid dienone is 2. The topological polar surface area (TPSA) is 84.3 Å². The van der Waals surface area contributed by atoms with Crippen molar-refractivity contribution in [2.75, 3.05) is 25.5 Å². The number of carbonyl (C=O) groups excluding carboxylic acids is 2. The van der Waals surface area contributed by atoms with Gasteiger partial charge in [0.2, 0.25) is 5.24 Å². The maximum absolute atomic E-state index is 12.1. The number of aromatic nitrogens is 2. The lowest BCUT2D eigenvalue weighted by Crippen LogP contribution is -2.23. The predicted molar refractivity (Wildman–Crippen MR) is 161 cm³/mol. The summed E-state index contributed by atoms with van der Waals surface area (Å²) >= 11 is 10.4. The second-order valence-corrected chi connectivity index (χ2v) is 8.69. The van der Waals surface area contributed by atoms with Gasteiger partial charge in [0.05, 0.1) is 17.2 Å². The smallest absolute Gasteiger partial charge is 0.260 e. The first-order valence-corrected chi connectivity index (χ1v) is 12.9. The molecule has 1 fully saturated rings. The van der Waals surface area contributed by atoms with Crippen molar-refractivity contribution in [3.05, 3.63) is 95.0 Å². The van der Waals surface area contributed by atoms with Crippen LogP contribution in [0.2, 0.25) is 5.02 Å². The first kappa shape index (κ1) is 34.7. The van der Waals surface area contributed by atoms with E-state index in [0.29, 0.717) is 17.7 Å². The lowest BCUT2D eigenvalue weighted by Gasteiger charge is -2.14. The van der Waals surface area contributed by atoms with Crippen molar-refractivity contribution in [1.82, 2.24) is 14.5 Å². The molecular weight excluding hydrogens is 523 g/mol. The Hall–Kier alpha value is -3.26. The van der Waals surface area contributed by atoms with Crippen LogP contribution in [0, 0.1) is 6.92 Å². The molecule has 1 atom stereocenters. The molecule has 206 valence electrons. The van der Waals surface area contributed by atoms with E-state index in [-0.39, 0.29) is 5.56 Å².